The van der Waals surface area contributed by atoms with Crippen LogP contribution in [0.5, 0.6) is 11.5 Å². The van der Waals surface area contributed by atoms with Gasteiger partial charge in [-0.05, 0) is 32.0 Å². The van der Waals surface area contributed by atoms with Gasteiger partial charge in [0, 0.05) is 48.6 Å². The van der Waals surface area contributed by atoms with Crippen LogP contribution in [0.1, 0.15) is 29.9 Å². The Morgan fingerprint density at radius 3 is 2.50 bits per heavy atom. The highest BCUT2D eigenvalue weighted by Gasteiger charge is 2.39. The zero-order valence-electron chi connectivity index (χ0n) is 22.3. The van der Waals surface area contributed by atoms with Gasteiger partial charge in [-0.1, -0.05) is 11.6 Å². The molecular weight excluding hydrogens is 544 g/mol. The van der Waals surface area contributed by atoms with Gasteiger partial charge >= 0.3 is 0 Å². The SMILES string of the molecule is COc1cc2c(cc1-c1nn(C)cc1Cl)-c1c(c(C(=O)N3CCOCC3(C)C)nn1-c1cc(F)cc(F)c1)CO2. The average Bonchev–Trinajstić information content (AvgIpc) is 3.46. The van der Waals surface area contributed by atoms with Crippen molar-refractivity contribution in [2.24, 2.45) is 7.05 Å². The van der Waals surface area contributed by atoms with Gasteiger partial charge in [0.15, 0.2) is 5.69 Å². The zero-order valence-corrected chi connectivity index (χ0v) is 23.1. The molecule has 0 aliphatic carbocycles. The van der Waals surface area contributed by atoms with E-state index in [-0.39, 0.29) is 23.9 Å². The summed E-state index contributed by atoms with van der Waals surface area (Å²) in [6.45, 7) is 4.97. The summed E-state index contributed by atoms with van der Waals surface area (Å²) in [6.07, 6.45) is 1.67. The molecule has 4 aromatic rings. The van der Waals surface area contributed by atoms with Crippen LogP contribution in [0.4, 0.5) is 8.78 Å². The van der Waals surface area contributed by atoms with Crippen LogP contribution in [-0.2, 0) is 18.4 Å². The summed E-state index contributed by atoms with van der Waals surface area (Å²) in [6, 6.07) is 6.59. The number of halogens is 3. The first-order chi connectivity index (χ1) is 19.1. The van der Waals surface area contributed by atoms with Gasteiger partial charge in [0.2, 0.25) is 0 Å². The Bertz CT molecular complexity index is 1640. The summed E-state index contributed by atoms with van der Waals surface area (Å²) in [4.78, 5) is 15.7. The molecule has 0 saturated carbocycles. The molecule has 40 heavy (non-hydrogen) atoms. The van der Waals surface area contributed by atoms with Crippen molar-refractivity contribution >= 4 is 17.5 Å². The van der Waals surface area contributed by atoms with Gasteiger partial charge in [-0.25, -0.2) is 13.5 Å². The second-order valence-corrected chi connectivity index (χ2v) is 10.8. The lowest BCUT2D eigenvalue weighted by Crippen LogP contribution is -2.55. The minimum absolute atomic E-state index is 0.0127. The molecule has 0 radical (unpaired) electrons. The van der Waals surface area contributed by atoms with Gasteiger partial charge in [0.1, 0.15) is 35.4 Å². The topological polar surface area (TPSA) is 83.6 Å². The number of benzene rings is 2. The molecule has 1 amide bonds. The molecule has 1 saturated heterocycles. The Hall–Kier alpha value is -3.96. The van der Waals surface area contributed by atoms with Crippen molar-refractivity contribution < 1.29 is 27.8 Å². The Balaban J connectivity index is 1.60. The summed E-state index contributed by atoms with van der Waals surface area (Å²) < 4.78 is 49.1. The minimum Gasteiger partial charge on any atom is -0.496 e. The lowest BCUT2D eigenvalue weighted by atomic mass is 9.96. The minimum atomic E-state index is -0.774. The van der Waals surface area contributed by atoms with Crippen LogP contribution in [0.25, 0.3) is 28.2 Å². The van der Waals surface area contributed by atoms with Crippen molar-refractivity contribution in [1.29, 1.82) is 0 Å². The van der Waals surface area contributed by atoms with Gasteiger partial charge in [-0.2, -0.15) is 10.2 Å². The first-order valence-electron chi connectivity index (χ1n) is 12.6. The number of rotatable bonds is 4. The summed E-state index contributed by atoms with van der Waals surface area (Å²) >= 11 is 6.48. The number of nitrogens with zero attached hydrogens (tertiary/aromatic N) is 5. The van der Waals surface area contributed by atoms with Gasteiger partial charge in [-0.3, -0.25) is 9.48 Å². The van der Waals surface area contributed by atoms with Crippen molar-refractivity contribution in [2.45, 2.75) is 26.0 Å². The monoisotopic (exact) mass is 569 g/mol. The van der Waals surface area contributed by atoms with E-state index >= 15 is 0 Å². The average molecular weight is 570 g/mol. The fraction of sp³-hybridized carbons (Fsp3) is 0.321. The number of carbonyl (C=O) groups is 1. The molecule has 0 spiro atoms. The first kappa shape index (κ1) is 26.3. The van der Waals surface area contributed by atoms with Crippen LogP contribution in [0, 0.1) is 11.6 Å². The lowest BCUT2D eigenvalue weighted by molar-refractivity contribution is -0.0374. The third-order valence-electron chi connectivity index (χ3n) is 7.14. The number of ether oxygens (including phenoxy) is 3. The van der Waals surface area contributed by atoms with E-state index < -0.39 is 17.2 Å². The maximum Gasteiger partial charge on any atom is 0.275 e. The first-order valence-corrected chi connectivity index (χ1v) is 13.0. The largest absolute Gasteiger partial charge is 0.496 e. The lowest BCUT2D eigenvalue weighted by Gasteiger charge is -2.41. The van der Waals surface area contributed by atoms with Gasteiger partial charge < -0.3 is 19.1 Å². The van der Waals surface area contributed by atoms with E-state index in [4.69, 9.17) is 25.8 Å². The summed E-state index contributed by atoms with van der Waals surface area (Å²) in [5.41, 5.74) is 2.22. The number of fused-ring (bicyclic) bond motifs is 3. The van der Waals surface area contributed by atoms with Crippen molar-refractivity contribution in [3.63, 3.8) is 0 Å². The van der Waals surface area contributed by atoms with E-state index in [2.05, 4.69) is 10.2 Å². The van der Waals surface area contributed by atoms with Crippen LogP contribution in [-0.4, -0.2) is 62.8 Å². The standard InChI is InChI=1S/C28H26ClF2N5O4/c1-28(2)14-39-6-5-35(28)27(37)25-20-13-40-23-11-22(38-4)18(24-21(29)12-34(3)32-24)10-19(23)26(20)36(33-25)17-8-15(30)7-16(31)9-17/h7-12H,5-6,13-14H2,1-4H3. The van der Waals surface area contributed by atoms with Gasteiger partial charge in [0.25, 0.3) is 5.91 Å². The Morgan fingerprint density at radius 1 is 1.10 bits per heavy atom. The third kappa shape index (κ3) is 4.29. The molecule has 208 valence electrons. The normalized spacial score (nSPS) is 15.8. The summed E-state index contributed by atoms with van der Waals surface area (Å²) in [5.74, 6) is -0.955. The van der Waals surface area contributed by atoms with Crippen LogP contribution < -0.4 is 9.47 Å². The van der Waals surface area contributed by atoms with E-state index in [0.717, 1.165) is 6.07 Å². The Morgan fingerprint density at radius 2 is 1.85 bits per heavy atom. The predicted molar refractivity (Wildman–Crippen MR) is 143 cm³/mol. The molecule has 0 unspecified atom stereocenters. The summed E-state index contributed by atoms with van der Waals surface area (Å²) in [7, 11) is 3.27. The molecule has 2 aliphatic heterocycles. The highest BCUT2D eigenvalue weighted by molar-refractivity contribution is 6.33. The molecule has 12 heteroatoms. The molecule has 0 atom stereocenters. The molecule has 0 bridgehead atoms. The molecule has 9 nitrogen and oxygen atoms in total. The second kappa shape index (κ2) is 9.60. The Labute approximate surface area is 233 Å². The van der Waals surface area contributed by atoms with E-state index in [9.17, 15) is 13.6 Å². The van der Waals surface area contributed by atoms with E-state index in [1.807, 2.05) is 13.8 Å². The fourth-order valence-corrected chi connectivity index (χ4v) is 5.54. The van der Waals surface area contributed by atoms with Gasteiger partial charge in [-0.15, -0.1) is 0 Å². The van der Waals surface area contributed by atoms with Crippen molar-refractivity contribution in [2.75, 3.05) is 26.9 Å². The fourth-order valence-electron chi connectivity index (χ4n) is 5.26. The molecule has 4 heterocycles. The number of aromatic nitrogens is 4. The zero-order chi connectivity index (χ0) is 28.3. The van der Waals surface area contributed by atoms with Crippen LogP contribution >= 0.6 is 11.6 Å². The number of carbonyl (C=O) groups excluding carboxylic acids is 1. The predicted octanol–water partition coefficient (Wildman–Crippen LogP) is 5.02. The Kier molecular flexibility index (Phi) is 6.30. The maximum atomic E-state index is 14.4. The van der Waals surface area contributed by atoms with Crippen LogP contribution in [0.2, 0.25) is 5.02 Å². The molecule has 2 aliphatic rings. The molecule has 2 aromatic heterocycles. The maximum absolute atomic E-state index is 14.4. The van der Waals surface area contributed by atoms with E-state index in [1.54, 1.807) is 35.0 Å². The number of methoxy groups -OCH3 is 1. The van der Waals surface area contributed by atoms with Crippen molar-refractivity contribution in [3.05, 3.63) is 64.4 Å². The smallest absolute Gasteiger partial charge is 0.275 e. The number of amides is 1. The summed E-state index contributed by atoms with van der Waals surface area (Å²) in [5, 5.41) is 9.53. The quantitative estimate of drug-likeness (QED) is 0.343. The van der Waals surface area contributed by atoms with Crippen LogP contribution in [0.15, 0.2) is 36.5 Å². The van der Waals surface area contributed by atoms with Crippen molar-refractivity contribution in [3.8, 4) is 39.7 Å². The number of aryl methyl sites for hydroxylation is 1. The highest BCUT2D eigenvalue weighted by atomic mass is 35.5. The second-order valence-electron chi connectivity index (χ2n) is 10.4. The number of hydrogen-bond donors (Lipinski definition) is 0. The van der Waals surface area contributed by atoms with E-state index in [0.29, 0.717) is 64.4 Å². The molecule has 6 rings (SSSR count). The molecule has 2 aromatic carbocycles. The van der Waals surface area contributed by atoms with Crippen LogP contribution in [0.3, 0.4) is 0 Å². The number of hydrogen-bond acceptors (Lipinski definition) is 6. The molecule has 1 fully saturated rings. The van der Waals surface area contributed by atoms with Crippen molar-refractivity contribution in [1.82, 2.24) is 24.5 Å². The van der Waals surface area contributed by atoms with E-state index in [1.165, 1.54) is 23.9 Å². The highest BCUT2D eigenvalue weighted by Crippen LogP contribution is 2.47. The third-order valence-corrected chi connectivity index (χ3v) is 7.41. The number of morpholine rings is 1. The van der Waals surface area contributed by atoms with Gasteiger partial charge in [0.05, 0.1) is 42.3 Å². The molecule has 0 N–H and O–H groups in total. The molecular formula is C28H26ClF2N5O4.